The second-order valence-corrected chi connectivity index (χ2v) is 6.25. The third-order valence-corrected chi connectivity index (χ3v) is 4.62. The van der Waals surface area contributed by atoms with Crippen LogP contribution in [0.3, 0.4) is 0 Å². The quantitative estimate of drug-likeness (QED) is 0.743. The van der Waals surface area contributed by atoms with Gasteiger partial charge >= 0.3 is 6.18 Å². The van der Waals surface area contributed by atoms with Crippen molar-refractivity contribution in [2.24, 2.45) is 0 Å². The number of carbonyl (C=O) groups excluding carboxylic acids is 1. The topological polar surface area (TPSA) is 46.9 Å². The zero-order valence-electron chi connectivity index (χ0n) is 12.9. The predicted octanol–water partition coefficient (Wildman–Crippen LogP) is 3.98. The molecule has 0 fully saturated rings. The molecule has 2 heterocycles. The van der Waals surface area contributed by atoms with Gasteiger partial charge in [-0.15, -0.1) is 11.3 Å². The van der Waals surface area contributed by atoms with Gasteiger partial charge in [-0.2, -0.15) is 18.3 Å². The maximum Gasteiger partial charge on any atom is 0.417 e. The number of nitrogens with one attached hydrogen (secondary N) is 1. The molecule has 0 aliphatic heterocycles. The molecule has 130 valence electrons. The van der Waals surface area contributed by atoms with Gasteiger partial charge in [0.2, 0.25) is 0 Å². The molecule has 0 saturated carbocycles. The summed E-state index contributed by atoms with van der Waals surface area (Å²) in [5, 5.41) is 8.66. The second kappa shape index (κ2) is 7.10. The van der Waals surface area contributed by atoms with E-state index in [1.54, 1.807) is 23.1 Å². The van der Waals surface area contributed by atoms with Crippen LogP contribution in [0.25, 0.3) is 0 Å². The summed E-state index contributed by atoms with van der Waals surface area (Å²) in [7, 11) is 0. The normalized spacial score (nSPS) is 12.8. The maximum absolute atomic E-state index is 13.1. The summed E-state index contributed by atoms with van der Waals surface area (Å²) in [4.78, 5) is 13.3. The van der Waals surface area contributed by atoms with Crippen molar-refractivity contribution in [1.29, 1.82) is 0 Å². The number of carbonyl (C=O) groups is 1. The molecule has 0 aliphatic carbocycles. The molecule has 2 aromatic heterocycles. The van der Waals surface area contributed by atoms with E-state index in [0.717, 1.165) is 10.9 Å². The highest BCUT2D eigenvalue weighted by atomic mass is 32.1. The smallest absolute Gasteiger partial charge is 0.349 e. The van der Waals surface area contributed by atoms with Crippen LogP contribution in [0.5, 0.6) is 0 Å². The fraction of sp³-hybridized carbons (Fsp3) is 0.176. The van der Waals surface area contributed by atoms with E-state index in [4.69, 9.17) is 0 Å². The van der Waals surface area contributed by atoms with E-state index in [0.29, 0.717) is 0 Å². The Balaban J connectivity index is 1.80. The van der Waals surface area contributed by atoms with E-state index < -0.39 is 17.6 Å². The van der Waals surface area contributed by atoms with Gasteiger partial charge in [0.05, 0.1) is 11.1 Å². The summed E-state index contributed by atoms with van der Waals surface area (Å²) in [6.07, 6.45) is -1.22. The lowest BCUT2D eigenvalue weighted by Crippen LogP contribution is -2.32. The average molecular weight is 365 g/mol. The molecule has 1 aromatic carbocycles. The Bertz CT molecular complexity index is 795. The van der Waals surface area contributed by atoms with Gasteiger partial charge in [0.1, 0.15) is 6.04 Å². The van der Waals surface area contributed by atoms with Crippen LogP contribution in [-0.4, -0.2) is 22.2 Å². The highest BCUT2D eigenvalue weighted by Gasteiger charge is 2.34. The van der Waals surface area contributed by atoms with Crippen LogP contribution in [0.1, 0.15) is 26.8 Å². The number of nitrogens with zero attached hydrogens (tertiary/aromatic N) is 2. The number of halogens is 3. The van der Waals surface area contributed by atoms with E-state index in [1.165, 1.54) is 29.5 Å². The molecule has 1 atom stereocenters. The van der Waals surface area contributed by atoms with Crippen molar-refractivity contribution in [3.63, 3.8) is 0 Å². The third kappa shape index (κ3) is 3.90. The van der Waals surface area contributed by atoms with E-state index >= 15 is 0 Å². The summed E-state index contributed by atoms with van der Waals surface area (Å²) in [5.41, 5.74) is -1.33. The van der Waals surface area contributed by atoms with Crippen LogP contribution in [-0.2, 0) is 6.18 Å². The van der Waals surface area contributed by atoms with Crippen molar-refractivity contribution in [1.82, 2.24) is 15.1 Å². The molecule has 25 heavy (non-hydrogen) atoms. The first-order valence-corrected chi connectivity index (χ1v) is 8.31. The Morgan fingerprint density at radius 2 is 2.00 bits per heavy atom. The molecule has 1 amide bonds. The zero-order chi connectivity index (χ0) is 17.9. The molecule has 0 radical (unpaired) electrons. The minimum atomic E-state index is -4.58. The number of benzene rings is 1. The predicted molar refractivity (Wildman–Crippen MR) is 88.5 cm³/mol. The minimum Gasteiger partial charge on any atom is -0.349 e. The number of hydrogen-bond acceptors (Lipinski definition) is 3. The van der Waals surface area contributed by atoms with Gasteiger partial charge in [-0.3, -0.25) is 9.48 Å². The number of rotatable bonds is 5. The molecule has 3 rings (SSSR count). The molecule has 0 saturated heterocycles. The Morgan fingerprint density at radius 1 is 1.20 bits per heavy atom. The molecule has 0 spiro atoms. The van der Waals surface area contributed by atoms with Crippen molar-refractivity contribution in [3.05, 3.63) is 76.2 Å². The molecule has 1 N–H and O–H groups in total. The highest BCUT2D eigenvalue weighted by molar-refractivity contribution is 7.10. The van der Waals surface area contributed by atoms with E-state index in [-0.39, 0.29) is 18.2 Å². The van der Waals surface area contributed by atoms with Crippen LogP contribution in [0.4, 0.5) is 13.2 Å². The number of alkyl halides is 3. The molecule has 0 unspecified atom stereocenters. The largest absolute Gasteiger partial charge is 0.417 e. The fourth-order valence-electron chi connectivity index (χ4n) is 2.48. The lowest BCUT2D eigenvalue weighted by atomic mass is 10.1. The molecule has 0 bridgehead atoms. The van der Waals surface area contributed by atoms with Gasteiger partial charge in [0.15, 0.2) is 0 Å². The van der Waals surface area contributed by atoms with E-state index in [1.807, 2.05) is 17.5 Å². The Morgan fingerprint density at radius 3 is 2.64 bits per heavy atom. The Kier molecular flexibility index (Phi) is 4.89. The lowest BCUT2D eigenvalue weighted by Gasteiger charge is -2.18. The third-order valence-electron chi connectivity index (χ3n) is 3.65. The summed E-state index contributed by atoms with van der Waals surface area (Å²) in [5.74, 6) is -0.762. The molecule has 4 nitrogen and oxygen atoms in total. The van der Waals surface area contributed by atoms with Crippen LogP contribution in [0.15, 0.2) is 60.2 Å². The summed E-state index contributed by atoms with van der Waals surface area (Å²) < 4.78 is 40.9. The number of hydrogen-bond donors (Lipinski definition) is 1. The average Bonchev–Trinajstić information content (AvgIpc) is 3.28. The first kappa shape index (κ1) is 17.2. The maximum atomic E-state index is 13.1. The van der Waals surface area contributed by atoms with Crippen LogP contribution >= 0.6 is 11.3 Å². The molecule has 8 heteroatoms. The van der Waals surface area contributed by atoms with Gasteiger partial charge in [-0.1, -0.05) is 18.2 Å². The van der Waals surface area contributed by atoms with E-state index in [2.05, 4.69) is 10.4 Å². The number of thiophene rings is 1. The van der Waals surface area contributed by atoms with Gasteiger partial charge in [0.25, 0.3) is 5.91 Å². The van der Waals surface area contributed by atoms with Crippen molar-refractivity contribution < 1.29 is 18.0 Å². The van der Waals surface area contributed by atoms with E-state index in [9.17, 15) is 18.0 Å². The number of aromatic nitrogens is 2. The molecular formula is C17H14F3N3OS. The molecular weight excluding hydrogens is 351 g/mol. The monoisotopic (exact) mass is 365 g/mol. The first-order chi connectivity index (χ1) is 12.0. The fourth-order valence-corrected chi connectivity index (χ4v) is 3.30. The van der Waals surface area contributed by atoms with Gasteiger partial charge < -0.3 is 5.32 Å². The lowest BCUT2D eigenvalue weighted by molar-refractivity contribution is -0.137. The van der Waals surface area contributed by atoms with Gasteiger partial charge in [-0.05, 0) is 29.6 Å². The van der Waals surface area contributed by atoms with Crippen LogP contribution in [0.2, 0.25) is 0 Å². The summed E-state index contributed by atoms with van der Waals surface area (Å²) >= 11 is 1.49. The second-order valence-electron chi connectivity index (χ2n) is 5.27. The SMILES string of the molecule is O=C(NC[C@H](c1cccs1)n1cccn1)c1ccccc1C(F)(F)F. The number of amides is 1. The minimum absolute atomic E-state index is 0.132. The molecule has 0 aliphatic rings. The van der Waals surface area contributed by atoms with Crippen molar-refractivity contribution in [2.75, 3.05) is 6.54 Å². The Hall–Kier alpha value is -2.61. The van der Waals surface area contributed by atoms with Crippen LogP contribution in [0, 0.1) is 0 Å². The van der Waals surface area contributed by atoms with Crippen molar-refractivity contribution >= 4 is 17.2 Å². The van der Waals surface area contributed by atoms with Crippen LogP contribution < -0.4 is 5.32 Å². The highest BCUT2D eigenvalue weighted by Crippen LogP contribution is 2.32. The molecule has 3 aromatic rings. The Labute approximate surface area is 145 Å². The summed E-state index contributed by atoms with van der Waals surface area (Å²) in [6, 6.07) is 9.99. The standard InChI is InChI=1S/C17H14F3N3OS/c18-17(19,20)13-6-2-1-5-12(13)16(24)21-11-14(15-7-3-10-25-15)23-9-4-8-22-23/h1-10,14H,11H2,(H,21,24)/t14-/m1/s1. The summed E-state index contributed by atoms with van der Waals surface area (Å²) in [6.45, 7) is 0.132. The zero-order valence-corrected chi connectivity index (χ0v) is 13.7. The first-order valence-electron chi connectivity index (χ1n) is 7.44. The van der Waals surface area contributed by atoms with Crippen molar-refractivity contribution in [2.45, 2.75) is 12.2 Å². The van der Waals surface area contributed by atoms with Gasteiger partial charge in [-0.25, -0.2) is 0 Å². The van der Waals surface area contributed by atoms with Crippen molar-refractivity contribution in [3.8, 4) is 0 Å². The van der Waals surface area contributed by atoms with Gasteiger partial charge in [0, 0.05) is 23.8 Å².